The summed E-state index contributed by atoms with van der Waals surface area (Å²) in [6, 6.07) is 0. The van der Waals surface area contributed by atoms with Crippen molar-refractivity contribution in [3.63, 3.8) is 0 Å². The van der Waals surface area contributed by atoms with Gasteiger partial charge in [-0.05, 0) is 0 Å². The molecule has 0 radical (unpaired) electrons. The predicted octanol–water partition coefficient (Wildman–Crippen LogP) is 2.19. The summed E-state index contributed by atoms with van der Waals surface area (Å²) >= 11 is 0.165. The second-order valence-corrected chi connectivity index (χ2v) is 5.96. The van der Waals surface area contributed by atoms with Gasteiger partial charge in [-0.25, -0.2) is 0 Å². The van der Waals surface area contributed by atoms with Gasteiger partial charge >= 0.3 is 78.3 Å². The van der Waals surface area contributed by atoms with Crippen LogP contribution in [-0.2, 0) is 4.79 Å². The summed E-state index contributed by atoms with van der Waals surface area (Å²) in [6.45, 7) is 2.20. The van der Waals surface area contributed by atoms with Crippen LogP contribution in [-0.4, -0.2) is 32.0 Å². The third-order valence-electron chi connectivity index (χ3n) is 1.32. The monoisotopic (exact) mass is 274 g/mol. The molecule has 0 aromatic carbocycles. The van der Waals surface area contributed by atoms with Crippen LogP contribution >= 0.6 is 0 Å². The third-order valence-corrected chi connectivity index (χ3v) is 4.62. The van der Waals surface area contributed by atoms with Crippen LogP contribution in [0.3, 0.4) is 0 Å². The zero-order chi connectivity index (χ0) is 8.53. The van der Waals surface area contributed by atoms with Crippen molar-refractivity contribution in [2.24, 2.45) is 0 Å². The molecule has 0 aliphatic rings. The summed E-state index contributed by atoms with van der Waals surface area (Å²) in [6.07, 6.45) is 3.90. The Labute approximate surface area is 78.5 Å². The van der Waals surface area contributed by atoms with Gasteiger partial charge in [0.25, 0.3) is 0 Å². The second kappa shape index (κ2) is 8.36. The average Bonchev–Trinajstić information content (AvgIpc) is 1.96. The van der Waals surface area contributed by atoms with E-state index in [0.29, 0.717) is 6.42 Å². The Hall–Kier alpha value is 0.260. The topological polar surface area (TPSA) is 37.3 Å². The van der Waals surface area contributed by atoms with E-state index in [-0.39, 0.29) is 20.9 Å². The first-order chi connectivity index (χ1) is 5.27. The maximum absolute atomic E-state index is 10.1. The summed E-state index contributed by atoms with van der Waals surface area (Å²) < 4.78 is 2.60. The SMILES string of the molecule is CCCC[Te]CCCC(=O)O. The van der Waals surface area contributed by atoms with Gasteiger partial charge in [-0.2, -0.15) is 0 Å². The van der Waals surface area contributed by atoms with E-state index < -0.39 is 5.97 Å². The van der Waals surface area contributed by atoms with E-state index in [9.17, 15) is 4.79 Å². The summed E-state index contributed by atoms with van der Waals surface area (Å²) in [7, 11) is 0. The molecule has 0 spiro atoms. The molecule has 0 saturated carbocycles. The molecule has 2 nitrogen and oxygen atoms in total. The van der Waals surface area contributed by atoms with Crippen LogP contribution in [0.25, 0.3) is 0 Å². The molecule has 0 heterocycles. The van der Waals surface area contributed by atoms with Gasteiger partial charge in [0, 0.05) is 0 Å². The van der Waals surface area contributed by atoms with Gasteiger partial charge in [0.1, 0.15) is 0 Å². The Kier molecular flexibility index (Phi) is 8.55. The molecular formula is C8H16O2Te. The normalized spacial score (nSPS) is 9.91. The van der Waals surface area contributed by atoms with Crippen molar-refractivity contribution in [2.45, 2.75) is 41.5 Å². The Morgan fingerprint density at radius 1 is 1.36 bits per heavy atom. The summed E-state index contributed by atoms with van der Waals surface area (Å²) in [5.41, 5.74) is 0. The van der Waals surface area contributed by atoms with Crippen LogP contribution in [0.1, 0.15) is 32.6 Å². The van der Waals surface area contributed by atoms with Crippen molar-refractivity contribution >= 4 is 26.9 Å². The first kappa shape index (κ1) is 11.3. The molecule has 1 N–H and O–H groups in total. The van der Waals surface area contributed by atoms with Crippen molar-refractivity contribution in [1.82, 2.24) is 0 Å². The molecule has 0 rings (SSSR count). The van der Waals surface area contributed by atoms with E-state index >= 15 is 0 Å². The summed E-state index contributed by atoms with van der Waals surface area (Å²) in [4.78, 5) is 10.1. The molecule has 0 atom stereocenters. The van der Waals surface area contributed by atoms with Crippen LogP contribution in [0.5, 0.6) is 0 Å². The molecule has 0 bridgehead atoms. The Bertz CT molecular complexity index is 104. The van der Waals surface area contributed by atoms with Crippen molar-refractivity contribution < 1.29 is 9.90 Å². The molecule has 11 heavy (non-hydrogen) atoms. The Balaban J connectivity index is 2.85. The van der Waals surface area contributed by atoms with E-state index in [2.05, 4.69) is 6.92 Å². The molecule has 0 amide bonds. The minimum atomic E-state index is -0.645. The number of carbonyl (C=O) groups is 1. The predicted molar refractivity (Wildman–Crippen MR) is 47.1 cm³/mol. The van der Waals surface area contributed by atoms with Crippen LogP contribution in [0.4, 0.5) is 0 Å². The van der Waals surface area contributed by atoms with Gasteiger partial charge in [-0.3, -0.25) is 0 Å². The second-order valence-electron chi connectivity index (χ2n) is 2.46. The van der Waals surface area contributed by atoms with E-state index in [4.69, 9.17) is 5.11 Å². The number of rotatable bonds is 7. The molecule has 66 valence electrons. The van der Waals surface area contributed by atoms with Gasteiger partial charge in [0.15, 0.2) is 0 Å². The molecule has 0 aliphatic carbocycles. The van der Waals surface area contributed by atoms with E-state index in [1.807, 2.05) is 0 Å². The quantitative estimate of drug-likeness (QED) is 0.569. The fourth-order valence-electron chi connectivity index (χ4n) is 0.674. The summed E-state index contributed by atoms with van der Waals surface area (Å²) in [5.74, 6) is -0.645. The van der Waals surface area contributed by atoms with Crippen LogP contribution in [0, 0.1) is 0 Å². The van der Waals surface area contributed by atoms with Crippen LogP contribution in [0.2, 0.25) is 8.94 Å². The first-order valence-electron chi connectivity index (χ1n) is 4.07. The van der Waals surface area contributed by atoms with Crippen LogP contribution in [0.15, 0.2) is 0 Å². The van der Waals surface area contributed by atoms with Crippen molar-refractivity contribution in [3.8, 4) is 0 Å². The fraction of sp³-hybridized carbons (Fsp3) is 0.875. The van der Waals surface area contributed by atoms with Crippen molar-refractivity contribution in [2.75, 3.05) is 0 Å². The van der Waals surface area contributed by atoms with Gasteiger partial charge < -0.3 is 0 Å². The van der Waals surface area contributed by atoms with Gasteiger partial charge in [0.2, 0.25) is 0 Å². The molecule has 0 unspecified atom stereocenters. The number of hydrogen-bond donors (Lipinski definition) is 1. The molecule has 0 aromatic rings. The zero-order valence-corrected chi connectivity index (χ0v) is 9.34. The standard InChI is InChI=1S/C8H16O2Te/c1-2-3-6-11-7-4-5-8(9)10/h2-7H2,1H3,(H,9,10). The molecular weight excluding hydrogens is 256 g/mol. The number of unbranched alkanes of at least 4 members (excludes halogenated alkanes) is 1. The van der Waals surface area contributed by atoms with Crippen LogP contribution < -0.4 is 0 Å². The Morgan fingerprint density at radius 2 is 2.00 bits per heavy atom. The van der Waals surface area contributed by atoms with Gasteiger partial charge in [-0.1, -0.05) is 0 Å². The van der Waals surface area contributed by atoms with Crippen molar-refractivity contribution in [3.05, 3.63) is 0 Å². The van der Waals surface area contributed by atoms with E-state index in [1.54, 1.807) is 0 Å². The number of carboxylic acid groups (broad SMARTS) is 1. The van der Waals surface area contributed by atoms with E-state index in [1.165, 1.54) is 21.8 Å². The van der Waals surface area contributed by atoms with Gasteiger partial charge in [-0.15, -0.1) is 0 Å². The third kappa shape index (κ3) is 10.3. The molecule has 0 aromatic heterocycles. The number of hydrogen-bond acceptors (Lipinski definition) is 1. The fourth-order valence-corrected chi connectivity index (χ4v) is 3.66. The molecule has 0 fully saturated rings. The van der Waals surface area contributed by atoms with Crippen molar-refractivity contribution in [1.29, 1.82) is 0 Å². The van der Waals surface area contributed by atoms with E-state index in [0.717, 1.165) is 6.42 Å². The number of carboxylic acids is 1. The average molecular weight is 272 g/mol. The maximum atomic E-state index is 10.1. The zero-order valence-electron chi connectivity index (χ0n) is 7.01. The number of aliphatic carboxylic acids is 1. The summed E-state index contributed by atoms with van der Waals surface area (Å²) in [5, 5.41) is 8.33. The molecule has 0 saturated heterocycles. The van der Waals surface area contributed by atoms with Gasteiger partial charge in [0.05, 0.1) is 0 Å². The molecule has 3 heteroatoms. The Morgan fingerprint density at radius 3 is 2.55 bits per heavy atom. The first-order valence-corrected chi connectivity index (χ1v) is 7.36. The minimum absolute atomic E-state index is 0.165. The molecule has 0 aliphatic heterocycles.